The van der Waals surface area contributed by atoms with E-state index < -0.39 is 5.60 Å². The summed E-state index contributed by atoms with van der Waals surface area (Å²) in [6.45, 7) is 7.21. The highest BCUT2D eigenvalue weighted by Gasteiger charge is 2.29. The topological polar surface area (TPSA) is 87.3 Å². The molecule has 2 N–H and O–H groups in total. The van der Waals surface area contributed by atoms with E-state index in [1.807, 2.05) is 45.0 Å². The van der Waals surface area contributed by atoms with Crippen molar-refractivity contribution in [3.05, 3.63) is 30.1 Å². The second-order valence-electron chi connectivity index (χ2n) is 7.98. The van der Waals surface area contributed by atoms with Gasteiger partial charge in [0.1, 0.15) is 11.4 Å². The van der Waals surface area contributed by atoms with E-state index in [-0.39, 0.29) is 17.9 Å². The van der Waals surface area contributed by atoms with Crippen LogP contribution in [0.25, 0.3) is 11.0 Å². The number of hydrogen-bond donors (Lipinski definition) is 2. The Morgan fingerprint density at radius 3 is 2.63 bits per heavy atom. The number of ether oxygens (including phenoxy) is 1. The number of amides is 2. The number of carbonyl (C=O) groups is 2. The Morgan fingerprint density at radius 2 is 1.96 bits per heavy atom. The highest BCUT2D eigenvalue weighted by molar-refractivity contribution is 5.79. The maximum atomic E-state index is 12.4. The number of nitrogens with one attached hydrogen (secondary N) is 2. The highest BCUT2D eigenvalue weighted by Crippen LogP contribution is 2.20. The molecule has 3 rings (SSSR count). The number of nitrogens with zero attached hydrogens (tertiary/aromatic N) is 2. The number of aromatic nitrogens is 2. The summed E-state index contributed by atoms with van der Waals surface area (Å²) in [6.07, 6.45) is 1.69. The third-order valence-corrected chi connectivity index (χ3v) is 4.62. The van der Waals surface area contributed by atoms with Crippen molar-refractivity contribution in [3.63, 3.8) is 0 Å². The zero-order valence-corrected chi connectivity index (χ0v) is 16.2. The summed E-state index contributed by atoms with van der Waals surface area (Å²) in [7, 11) is 0. The number of fused-ring (bicyclic) bond motifs is 1. The highest BCUT2D eigenvalue weighted by atomic mass is 16.6. The molecule has 0 saturated carbocycles. The van der Waals surface area contributed by atoms with Gasteiger partial charge >= 0.3 is 6.09 Å². The van der Waals surface area contributed by atoms with Crippen LogP contribution in [0.4, 0.5) is 4.79 Å². The minimum Gasteiger partial charge on any atom is -0.444 e. The lowest BCUT2D eigenvalue weighted by molar-refractivity contribution is -0.126. The summed E-state index contributed by atoms with van der Waals surface area (Å²) in [5.41, 5.74) is 1.45. The summed E-state index contributed by atoms with van der Waals surface area (Å²) in [4.78, 5) is 33.9. The van der Waals surface area contributed by atoms with Crippen molar-refractivity contribution in [1.82, 2.24) is 20.2 Å². The van der Waals surface area contributed by atoms with Crippen molar-refractivity contribution < 1.29 is 14.3 Å². The molecule has 1 aromatic carbocycles. The van der Waals surface area contributed by atoms with Crippen molar-refractivity contribution in [3.8, 4) is 0 Å². The SMILES string of the molecule is CC(C)(C)OC(=O)N1CCC(C(=O)NCCc2nc3ccccc3[nH]2)CC1. The van der Waals surface area contributed by atoms with Crippen LogP contribution >= 0.6 is 0 Å². The van der Waals surface area contributed by atoms with E-state index in [1.165, 1.54) is 0 Å². The van der Waals surface area contributed by atoms with Gasteiger partial charge in [-0.1, -0.05) is 12.1 Å². The molecule has 1 aliphatic rings. The van der Waals surface area contributed by atoms with E-state index in [1.54, 1.807) is 4.90 Å². The van der Waals surface area contributed by atoms with Gasteiger partial charge in [-0.05, 0) is 45.7 Å². The maximum Gasteiger partial charge on any atom is 0.410 e. The van der Waals surface area contributed by atoms with Gasteiger partial charge in [0, 0.05) is 32.0 Å². The van der Waals surface area contributed by atoms with E-state index in [2.05, 4.69) is 15.3 Å². The first-order valence-electron chi connectivity index (χ1n) is 9.51. The molecule has 0 unspecified atom stereocenters. The molecule has 146 valence electrons. The average Bonchev–Trinajstić information content (AvgIpc) is 3.03. The average molecular weight is 372 g/mol. The number of para-hydroxylation sites is 2. The lowest BCUT2D eigenvalue weighted by atomic mass is 9.96. The minimum absolute atomic E-state index is 0.0509. The Kier molecular flexibility index (Phi) is 5.68. The standard InChI is InChI=1S/C20H28N4O3/c1-20(2,3)27-19(26)24-12-9-14(10-13-24)18(25)21-11-8-17-22-15-6-4-5-7-16(15)23-17/h4-7,14H,8-13H2,1-3H3,(H,21,25)(H,22,23). The number of benzene rings is 1. The summed E-state index contributed by atoms with van der Waals surface area (Å²) in [5, 5.41) is 2.99. The number of rotatable bonds is 4. The van der Waals surface area contributed by atoms with Crippen LogP contribution in [-0.4, -0.2) is 52.1 Å². The molecular formula is C20H28N4O3. The third-order valence-electron chi connectivity index (χ3n) is 4.62. The fraction of sp³-hybridized carbons (Fsp3) is 0.550. The second kappa shape index (κ2) is 7.98. The van der Waals surface area contributed by atoms with E-state index in [4.69, 9.17) is 4.74 Å². The Balaban J connectivity index is 1.41. The Hall–Kier alpha value is -2.57. The largest absolute Gasteiger partial charge is 0.444 e. The van der Waals surface area contributed by atoms with Crippen LogP contribution in [0, 0.1) is 5.92 Å². The van der Waals surface area contributed by atoms with E-state index in [9.17, 15) is 9.59 Å². The lowest BCUT2D eigenvalue weighted by Gasteiger charge is -2.32. The van der Waals surface area contributed by atoms with Gasteiger partial charge in [0.15, 0.2) is 0 Å². The minimum atomic E-state index is -0.498. The predicted molar refractivity (Wildman–Crippen MR) is 103 cm³/mol. The van der Waals surface area contributed by atoms with Crippen LogP contribution < -0.4 is 5.32 Å². The van der Waals surface area contributed by atoms with Gasteiger partial charge in [-0.3, -0.25) is 4.79 Å². The van der Waals surface area contributed by atoms with Gasteiger partial charge in [-0.2, -0.15) is 0 Å². The summed E-state index contributed by atoms with van der Waals surface area (Å²) >= 11 is 0. The number of carbonyl (C=O) groups excluding carboxylic acids is 2. The first kappa shape index (κ1) is 19.2. The van der Waals surface area contributed by atoms with Crippen molar-refractivity contribution in [1.29, 1.82) is 0 Å². The fourth-order valence-electron chi connectivity index (χ4n) is 3.22. The van der Waals surface area contributed by atoms with Gasteiger partial charge < -0.3 is 19.9 Å². The Bertz CT molecular complexity index is 768. The van der Waals surface area contributed by atoms with E-state index >= 15 is 0 Å². The van der Waals surface area contributed by atoms with Crippen LogP contribution in [0.1, 0.15) is 39.4 Å². The molecule has 1 saturated heterocycles. The van der Waals surface area contributed by atoms with E-state index in [0.29, 0.717) is 38.9 Å². The Labute approximate surface area is 159 Å². The van der Waals surface area contributed by atoms with Crippen molar-refractivity contribution in [2.45, 2.75) is 45.6 Å². The number of hydrogen-bond acceptors (Lipinski definition) is 4. The molecule has 27 heavy (non-hydrogen) atoms. The van der Waals surface area contributed by atoms with E-state index in [0.717, 1.165) is 16.9 Å². The van der Waals surface area contributed by atoms with Crippen LogP contribution in [-0.2, 0) is 16.0 Å². The van der Waals surface area contributed by atoms with Gasteiger partial charge in [-0.15, -0.1) is 0 Å². The molecule has 0 atom stereocenters. The summed E-state index contributed by atoms with van der Waals surface area (Å²) in [6, 6.07) is 7.88. The first-order chi connectivity index (χ1) is 12.8. The lowest BCUT2D eigenvalue weighted by Crippen LogP contribution is -2.45. The molecule has 0 bridgehead atoms. The Morgan fingerprint density at radius 1 is 1.26 bits per heavy atom. The molecule has 1 aliphatic heterocycles. The van der Waals surface area contributed by atoms with Gasteiger partial charge in [0.2, 0.25) is 5.91 Å². The fourth-order valence-corrected chi connectivity index (χ4v) is 3.22. The summed E-state index contributed by atoms with van der Waals surface area (Å²) in [5.74, 6) is 0.866. The molecule has 1 aromatic heterocycles. The molecule has 0 radical (unpaired) electrons. The van der Waals surface area contributed by atoms with Gasteiger partial charge in [-0.25, -0.2) is 9.78 Å². The third kappa shape index (κ3) is 5.21. The molecule has 1 fully saturated rings. The normalized spacial score (nSPS) is 15.7. The molecular weight excluding hydrogens is 344 g/mol. The van der Waals surface area contributed by atoms with Crippen molar-refractivity contribution >= 4 is 23.0 Å². The second-order valence-corrected chi connectivity index (χ2v) is 7.98. The van der Waals surface area contributed by atoms with Gasteiger partial charge in [0.05, 0.1) is 11.0 Å². The van der Waals surface area contributed by atoms with Crippen LogP contribution in [0.15, 0.2) is 24.3 Å². The number of H-pyrrole nitrogens is 1. The summed E-state index contributed by atoms with van der Waals surface area (Å²) < 4.78 is 5.39. The zero-order valence-electron chi connectivity index (χ0n) is 16.2. The van der Waals surface area contributed by atoms with Crippen molar-refractivity contribution in [2.75, 3.05) is 19.6 Å². The number of likely N-dealkylation sites (tertiary alicyclic amines) is 1. The number of piperidine rings is 1. The molecule has 2 aromatic rings. The molecule has 0 spiro atoms. The zero-order chi connectivity index (χ0) is 19.4. The molecule has 7 heteroatoms. The van der Waals surface area contributed by atoms with Crippen LogP contribution in [0.5, 0.6) is 0 Å². The van der Waals surface area contributed by atoms with Crippen LogP contribution in [0.3, 0.4) is 0 Å². The molecule has 2 amide bonds. The monoisotopic (exact) mass is 372 g/mol. The number of imidazole rings is 1. The van der Waals surface area contributed by atoms with Crippen molar-refractivity contribution in [2.24, 2.45) is 5.92 Å². The number of aromatic amines is 1. The predicted octanol–water partition coefficient (Wildman–Crippen LogP) is 2.87. The quantitative estimate of drug-likeness (QED) is 0.864. The van der Waals surface area contributed by atoms with Crippen LogP contribution in [0.2, 0.25) is 0 Å². The first-order valence-corrected chi connectivity index (χ1v) is 9.51. The smallest absolute Gasteiger partial charge is 0.410 e. The molecule has 0 aliphatic carbocycles. The van der Waals surface area contributed by atoms with Gasteiger partial charge in [0.25, 0.3) is 0 Å². The molecule has 7 nitrogen and oxygen atoms in total. The molecule has 2 heterocycles. The maximum absolute atomic E-state index is 12.4.